The maximum absolute atomic E-state index is 5.52. The standard InChI is InChI=1S/C24H36N4O2/c1-3-28(4-2)23(21-9-6-5-7-10-21)18-27-24(26-17-20-13-16-29-19-20)25-14-12-22-11-8-15-30-22/h5-11,15,20,23H,3-4,12-14,16-19H2,1-2H3,(H2,25,26,27). The highest BCUT2D eigenvalue weighted by Gasteiger charge is 2.19. The van der Waals surface area contributed by atoms with Crippen LogP contribution < -0.4 is 10.6 Å². The number of furan rings is 1. The maximum Gasteiger partial charge on any atom is 0.191 e. The number of aliphatic imine (C=N–C) groups is 1. The molecule has 0 bridgehead atoms. The van der Waals surface area contributed by atoms with Crippen molar-refractivity contribution in [3.8, 4) is 0 Å². The summed E-state index contributed by atoms with van der Waals surface area (Å²) in [7, 11) is 0. The molecule has 2 N–H and O–H groups in total. The molecule has 1 fully saturated rings. The summed E-state index contributed by atoms with van der Waals surface area (Å²) in [5.41, 5.74) is 1.31. The molecule has 2 aromatic rings. The lowest BCUT2D eigenvalue weighted by atomic mass is 10.1. The molecule has 0 radical (unpaired) electrons. The smallest absolute Gasteiger partial charge is 0.191 e. The first kappa shape index (κ1) is 22.4. The van der Waals surface area contributed by atoms with E-state index in [0.29, 0.717) is 12.5 Å². The number of ether oxygens (including phenoxy) is 1. The number of rotatable bonds is 11. The van der Waals surface area contributed by atoms with Crippen LogP contribution in [0.4, 0.5) is 0 Å². The highest BCUT2D eigenvalue weighted by atomic mass is 16.5. The second-order valence-corrected chi connectivity index (χ2v) is 7.70. The predicted octanol–water partition coefficient (Wildman–Crippen LogP) is 3.48. The van der Waals surface area contributed by atoms with Crippen LogP contribution in [0.25, 0.3) is 0 Å². The molecular formula is C24H36N4O2. The first-order valence-electron chi connectivity index (χ1n) is 11.2. The molecule has 6 heteroatoms. The van der Waals surface area contributed by atoms with Gasteiger partial charge in [0.15, 0.2) is 5.96 Å². The minimum absolute atomic E-state index is 0.264. The van der Waals surface area contributed by atoms with Crippen molar-refractivity contribution in [3.05, 3.63) is 60.1 Å². The molecule has 0 aliphatic carbocycles. The monoisotopic (exact) mass is 412 g/mol. The number of benzene rings is 1. The van der Waals surface area contributed by atoms with Crippen molar-refractivity contribution in [2.24, 2.45) is 10.9 Å². The highest BCUT2D eigenvalue weighted by molar-refractivity contribution is 5.79. The Balaban J connectivity index is 1.66. The average Bonchev–Trinajstić information content (AvgIpc) is 3.49. The fourth-order valence-corrected chi connectivity index (χ4v) is 3.87. The first-order chi connectivity index (χ1) is 14.8. The molecule has 0 amide bonds. The lowest BCUT2D eigenvalue weighted by molar-refractivity contribution is 0.186. The number of likely N-dealkylation sites (N-methyl/N-ethyl adjacent to an activating group) is 1. The van der Waals surface area contributed by atoms with Crippen LogP contribution in [-0.4, -0.2) is 56.8 Å². The Morgan fingerprint density at radius 2 is 1.97 bits per heavy atom. The Kier molecular flexibility index (Phi) is 9.25. The summed E-state index contributed by atoms with van der Waals surface area (Å²) in [5.74, 6) is 2.40. The van der Waals surface area contributed by atoms with E-state index in [1.165, 1.54) is 5.56 Å². The van der Waals surface area contributed by atoms with Gasteiger partial charge in [0.2, 0.25) is 0 Å². The van der Waals surface area contributed by atoms with Crippen molar-refractivity contribution in [3.63, 3.8) is 0 Å². The van der Waals surface area contributed by atoms with Gasteiger partial charge < -0.3 is 19.8 Å². The molecule has 3 rings (SSSR count). The molecule has 2 unspecified atom stereocenters. The zero-order valence-corrected chi connectivity index (χ0v) is 18.3. The molecule has 0 spiro atoms. The summed E-state index contributed by atoms with van der Waals surface area (Å²) in [6.07, 6.45) is 3.66. The summed E-state index contributed by atoms with van der Waals surface area (Å²) in [6.45, 7) is 10.5. The number of guanidine groups is 1. The average molecular weight is 413 g/mol. The van der Waals surface area contributed by atoms with E-state index in [0.717, 1.165) is 64.0 Å². The van der Waals surface area contributed by atoms with Crippen LogP contribution in [0, 0.1) is 5.92 Å². The second kappa shape index (κ2) is 12.4. The molecule has 1 saturated heterocycles. The molecule has 1 aliphatic heterocycles. The third kappa shape index (κ3) is 6.89. The molecule has 6 nitrogen and oxygen atoms in total. The van der Waals surface area contributed by atoms with Crippen LogP contribution in [-0.2, 0) is 11.2 Å². The van der Waals surface area contributed by atoms with Crippen LogP contribution in [0.3, 0.4) is 0 Å². The molecule has 30 heavy (non-hydrogen) atoms. The Bertz CT molecular complexity index is 723. The lowest BCUT2D eigenvalue weighted by Gasteiger charge is -2.29. The van der Waals surface area contributed by atoms with E-state index in [4.69, 9.17) is 14.1 Å². The molecular weight excluding hydrogens is 376 g/mol. The highest BCUT2D eigenvalue weighted by Crippen LogP contribution is 2.20. The molecule has 1 aliphatic rings. The topological polar surface area (TPSA) is 62.0 Å². The van der Waals surface area contributed by atoms with Crippen LogP contribution in [0.5, 0.6) is 0 Å². The van der Waals surface area contributed by atoms with E-state index in [1.54, 1.807) is 6.26 Å². The molecule has 2 heterocycles. The van der Waals surface area contributed by atoms with E-state index in [9.17, 15) is 0 Å². The molecule has 2 atom stereocenters. The van der Waals surface area contributed by atoms with Gasteiger partial charge in [0.05, 0.1) is 25.5 Å². The summed E-state index contributed by atoms with van der Waals surface area (Å²) in [4.78, 5) is 7.44. The predicted molar refractivity (Wildman–Crippen MR) is 122 cm³/mol. The first-order valence-corrected chi connectivity index (χ1v) is 11.2. The van der Waals surface area contributed by atoms with Crippen LogP contribution >= 0.6 is 0 Å². The van der Waals surface area contributed by atoms with Crippen LogP contribution in [0.2, 0.25) is 0 Å². The fraction of sp³-hybridized carbons (Fsp3) is 0.542. The van der Waals surface area contributed by atoms with Gasteiger partial charge in [-0.25, -0.2) is 0 Å². The summed E-state index contributed by atoms with van der Waals surface area (Å²) in [5, 5.41) is 7.02. The summed E-state index contributed by atoms with van der Waals surface area (Å²) in [6, 6.07) is 14.9. The molecule has 1 aromatic heterocycles. The van der Waals surface area contributed by atoms with Gasteiger partial charge in [-0.2, -0.15) is 0 Å². The van der Waals surface area contributed by atoms with Crippen molar-refractivity contribution >= 4 is 5.96 Å². The fourth-order valence-electron chi connectivity index (χ4n) is 3.87. The zero-order valence-electron chi connectivity index (χ0n) is 18.3. The zero-order chi connectivity index (χ0) is 21.0. The van der Waals surface area contributed by atoms with Crippen molar-refractivity contribution in [1.29, 1.82) is 0 Å². The SMILES string of the molecule is CCN(CC)C(CN=C(NCCc1ccco1)NCC1CCOC1)c1ccccc1. The number of nitrogens with zero attached hydrogens (tertiary/aromatic N) is 2. The maximum atomic E-state index is 5.52. The lowest BCUT2D eigenvalue weighted by Crippen LogP contribution is -2.41. The van der Waals surface area contributed by atoms with Gasteiger partial charge in [-0.3, -0.25) is 9.89 Å². The number of hydrogen-bond acceptors (Lipinski definition) is 4. The second-order valence-electron chi connectivity index (χ2n) is 7.70. The number of hydrogen-bond donors (Lipinski definition) is 2. The summed E-state index contributed by atoms with van der Waals surface area (Å²) < 4.78 is 11.0. The normalized spacial score (nSPS) is 18.0. The minimum atomic E-state index is 0.264. The van der Waals surface area contributed by atoms with Gasteiger partial charge in [0.25, 0.3) is 0 Å². The van der Waals surface area contributed by atoms with Gasteiger partial charge in [0.1, 0.15) is 5.76 Å². The van der Waals surface area contributed by atoms with E-state index >= 15 is 0 Å². The van der Waals surface area contributed by atoms with Crippen molar-refractivity contribution < 1.29 is 9.15 Å². The van der Waals surface area contributed by atoms with E-state index in [2.05, 4.69) is 59.7 Å². The third-order valence-electron chi connectivity index (χ3n) is 5.69. The molecule has 1 aromatic carbocycles. The Labute approximate surface area is 180 Å². The van der Waals surface area contributed by atoms with Crippen molar-refractivity contribution in [2.75, 3.05) is 45.9 Å². The quantitative estimate of drug-likeness (QED) is 0.437. The van der Waals surface area contributed by atoms with E-state index < -0.39 is 0 Å². The van der Waals surface area contributed by atoms with Gasteiger partial charge in [-0.05, 0) is 37.2 Å². The third-order valence-corrected chi connectivity index (χ3v) is 5.69. The van der Waals surface area contributed by atoms with Gasteiger partial charge in [0, 0.05) is 32.0 Å². The summed E-state index contributed by atoms with van der Waals surface area (Å²) >= 11 is 0. The molecule has 0 saturated carbocycles. The molecule has 164 valence electrons. The Morgan fingerprint density at radius 1 is 1.13 bits per heavy atom. The van der Waals surface area contributed by atoms with E-state index in [1.807, 2.05) is 12.1 Å². The van der Waals surface area contributed by atoms with Crippen molar-refractivity contribution in [1.82, 2.24) is 15.5 Å². The Hall–Kier alpha value is -2.31. The van der Waals surface area contributed by atoms with Crippen LogP contribution in [0.15, 0.2) is 58.1 Å². The minimum Gasteiger partial charge on any atom is -0.469 e. The van der Waals surface area contributed by atoms with Gasteiger partial charge >= 0.3 is 0 Å². The van der Waals surface area contributed by atoms with Crippen LogP contribution in [0.1, 0.15) is 37.6 Å². The van der Waals surface area contributed by atoms with Crippen molar-refractivity contribution in [2.45, 2.75) is 32.7 Å². The Morgan fingerprint density at radius 3 is 2.63 bits per heavy atom. The van der Waals surface area contributed by atoms with Gasteiger partial charge in [-0.15, -0.1) is 0 Å². The largest absolute Gasteiger partial charge is 0.469 e. The van der Waals surface area contributed by atoms with Gasteiger partial charge in [-0.1, -0.05) is 44.2 Å². The number of nitrogens with one attached hydrogen (secondary N) is 2. The van der Waals surface area contributed by atoms with E-state index in [-0.39, 0.29) is 6.04 Å².